The molecule has 1 amide bonds. The Morgan fingerprint density at radius 3 is 2.65 bits per heavy atom. The van der Waals surface area contributed by atoms with Crippen molar-refractivity contribution >= 4 is 11.7 Å². The molecule has 1 atom stereocenters. The highest BCUT2D eigenvalue weighted by Gasteiger charge is 2.24. The number of amides is 1. The van der Waals surface area contributed by atoms with E-state index in [1.54, 1.807) is 31.4 Å². The molecule has 0 saturated carbocycles. The summed E-state index contributed by atoms with van der Waals surface area (Å²) in [5.41, 5.74) is 0.689. The third-order valence-corrected chi connectivity index (χ3v) is 3.46. The Morgan fingerprint density at radius 2 is 2.05 bits per heavy atom. The number of nitrogens with one attached hydrogen (secondary N) is 1. The fourth-order valence-corrected chi connectivity index (χ4v) is 2.45. The van der Waals surface area contributed by atoms with Gasteiger partial charge in [-0.25, -0.2) is 0 Å². The molecular formula is C15H20N2O3. The number of ether oxygens (including phenoxy) is 1. The predicted octanol–water partition coefficient (Wildman–Crippen LogP) is 1.09. The van der Waals surface area contributed by atoms with E-state index in [2.05, 4.69) is 10.2 Å². The van der Waals surface area contributed by atoms with Gasteiger partial charge in [0.2, 0.25) is 5.91 Å². The maximum Gasteiger partial charge on any atom is 0.217 e. The first-order valence-electron chi connectivity index (χ1n) is 6.75. The minimum Gasteiger partial charge on any atom is -0.497 e. The minimum absolute atomic E-state index is 0.0154. The first-order valence-corrected chi connectivity index (χ1v) is 6.75. The molecule has 0 aromatic heterocycles. The van der Waals surface area contributed by atoms with Gasteiger partial charge in [0.05, 0.1) is 13.7 Å². The van der Waals surface area contributed by atoms with E-state index in [-0.39, 0.29) is 17.7 Å². The zero-order valence-corrected chi connectivity index (χ0v) is 11.9. The second-order valence-corrected chi connectivity index (χ2v) is 5.07. The quantitative estimate of drug-likeness (QED) is 0.818. The molecule has 0 bridgehead atoms. The Balaban J connectivity index is 1.87. The molecule has 0 aliphatic carbocycles. The minimum atomic E-state index is -0.0154. The van der Waals surface area contributed by atoms with E-state index >= 15 is 0 Å². The normalized spacial score (nSPS) is 18.8. The lowest BCUT2D eigenvalue weighted by Crippen LogP contribution is -2.36. The molecule has 20 heavy (non-hydrogen) atoms. The van der Waals surface area contributed by atoms with Crippen molar-refractivity contribution in [3.63, 3.8) is 0 Å². The zero-order valence-electron chi connectivity index (χ0n) is 11.9. The molecule has 1 aliphatic rings. The van der Waals surface area contributed by atoms with Gasteiger partial charge in [0.15, 0.2) is 5.78 Å². The van der Waals surface area contributed by atoms with Crippen LogP contribution in [0.15, 0.2) is 24.3 Å². The van der Waals surface area contributed by atoms with Crippen molar-refractivity contribution in [3.05, 3.63) is 29.8 Å². The Bertz CT molecular complexity index is 484. The molecule has 1 saturated heterocycles. The summed E-state index contributed by atoms with van der Waals surface area (Å²) >= 11 is 0. The molecule has 1 aromatic rings. The van der Waals surface area contributed by atoms with Gasteiger partial charge in [-0.15, -0.1) is 0 Å². The summed E-state index contributed by atoms with van der Waals surface area (Å²) < 4.78 is 5.07. The number of hydrogen-bond donors (Lipinski definition) is 1. The standard InChI is InChI=1S/C15H20N2O3/c1-11(18)16-13-7-8-17(9-13)10-15(19)12-3-5-14(20-2)6-4-12/h3-6,13H,7-10H2,1-2H3,(H,16,18). The number of nitrogens with zero attached hydrogens (tertiary/aromatic N) is 1. The summed E-state index contributed by atoms with van der Waals surface area (Å²) in [7, 11) is 1.60. The van der Waals surface area contributed by atoms with Crippen molar-refractivity contribution in [1.29, 1.82) is 0 Å². The molecule has 5 nitrogen and oxygen atoms in total. The molecule has 1 aliphatic heterocycles. The average molecular weight is 276 g/mol. The van der Waals surface area contributed by atoms with Gasteiger partial charge >= 0.3 is 0 Å². The van der Waals surface area contributed by atoms with Gasteiger partial charge in [-0.2, -0.15) is 0 Å². The Labute approximate surface area is 118 Å². The van der Waals surface area contributed by atoms with E-state index in [1.165, 1.54) is 6.92 Å². The molecule has 0 radical (unpaired) electrons. The van der Waals surface area contributed by atoms with Crippen molar-refractivity contribution < 1.29 is 14.3 Å². The molecule has 0 spiro atoms. The molecule has 1 N–H and O–H groups in total. The predicted molar refractivity (Wildman–Crippen MR) is 76.0 cm³/mol. The largest absolute Gasteiger partial charge is 0.497 e. The molecule has 2 rings (SSSR count). The van der Waals surface area contributed by atoms with Gasteiger partial charge in [-0.3, -0.25) is 14.5 Å². The van der Waals surface area contributed by atoms with Gasteiger partial charge in [-0.05, 0) is 30.7 Å². The van der Waals surface area contributed by atoms with E-state index in [1.807, 2.05) is 0 Å². The van der Waals surface area contributed by atoms with E-state index in [9.17, 15) is 9.59 Å². The van der Waals surface area contributed by atoms with Gasteiger partial charge in [0.1, 0.15) is 5.75 Å². The van der Waals surface area contributed by atoms with Crippen LogP contribution in [-0.4, -0.2) is 49.4 Å². The van der Waals surface area contributed by atoms with Crippen LogP contribution in [-0.2, 0) is 4.79 Å². The number of carbonyl (C=O) groups is 2. The molecule has 108 valence electrons. The summed E-state index contributed by atoms with van der Waals surface area (Å²) in [4.78, 5) is 25.2. The lowest BCUT2D eigenvalue weighted by atomic mass is 10.1. The third kappa shape index (κ3) is 3.81. The lowest BCUT2D eigenvalue weighted by molar-refractivity contribution is -0.119. The second kappa shape index (κ2) is 6.52. The smallest absolute Gasteiger partial charge is 0.217 e. The molecule has 5 heteroatoms. The van der Waals surface area contributed by atoms with Crippen molar-refractivity contribution in [1.82, 2.24) is 10.2 Å². The van der Waals surface area contributed by atoms with Crippen LogP contribution in [0.1, 0.15) is 23.7 Å². The highest BCUT2D eigenvalue weighted by molar-refractivity contribution is 5.97. The van der Waals surface area contributed by atoms with Crippen LogP contribution in [0.4, 0.5) is 0 Å². The third-order valence-electron chi connectivity index (χ3n) is 3.46. The van der Waals surface area contributed by atoms with Crippen molar-refractivity contribution in [3.8, 4) is 5.75 Å². The van der Waals surface area contributed by atoms with E-state index < -0.39 is 0 Å². The summed E-state index contributed by atoms with van der Waals surface area (Å²) in [5, 5.41) is 2.89. The lowest BCUT2D eigenvalue weighted by Gasteiger charge is -2.15. The fraction of sp³-hybridized carbons (Fsp3) is 0.467. The average Bonchev–Trinajstić information content (AvgIpc) is 2.85. The number of likely N-dealkylation sites (tertiary alicyclic amines) is 1. The van der Waals surface area contributed by atoms with Gasteiger partial charge < -0.3 is 10.1 Å². The molecule has 1 unspecified atom stereocenters. The molecule has 1 aromatic carbocycles. The van der Waals surface area contributed by atoms with Gasteiger partial charge in [0, 0.05) is 31.6 Å². The van der Waals surface area contributed by atoms with E-state index in [0.29, 0.717) is 12.1 Å². The van der Waals surface area contributed by atoms with Gasteiger partial charge in [0.25, 0.3) is 0 Å². The zero-order chi connectivity index (χ0) is 14.5. The first-order chi connectivity index (χ1) is 9.58. The van der Waals surface area contributed by atoms with Crippen LogP contribution < -0.4 is 10.1 Å². The van der Waals surface area contributed by atoms with Crippen molar-refractivity contribution in [2.45, 2.75) is 19.4 Å². The fourth-order valence-electron chi connectivity index (χ4n) is 2.45. The first kappa shape index (κ1) is 14.5. The number of hydrogen-bond acceptors (Lipinski definition) is 4. The van der Waals surface area contributed by atoms with E-state index in [0.717, 1.165) is 25.3 Å². The van der Waals surface area contributed by atoms with Crippen LogP contribution in [0.2, 0.25) is 0 Å². The Kier molecular flexibility index (Phi) is 4.74. The summed E-state index contributed by atoms with van der Waals surface area (Å²) in [6, 6.07) is 7.30. The topological polar surface area (TPSA) is 58.6 Å². The number of methoxy groups -OCH3 is 1. The van der Waals surface area contributed by atoms with Crippen LogP contribution >= 0.6 is 0 Å². The van der Waals surface area contributed by atoms with Gasteiger partial charge in [-0.1, -0.05) is 0 Å². The van der Waals surface area contributed by atoms with Crippen LogP contribution in [0, 0.1) is 0 Å². The molecule has 1 fully saturated rings. The second-order valence-electron chi connectivity index (χ2n) is 5.07. The van der Waals surface area contributed by atoms with E-state index in [4.69, 9.17) is 4.74 Å². The van der Waals surface area contributed by atoms with Crippen LogP contribution in [0.5, 0.6) is 5.75 Å². The monoisotopic (exact) mass is 276 g/mol. The highest BCUT2D eigenvalue weighted by Crippen LogP contribution is 2.14. The summed E-state index contributed by atoms with van der Waals surface area (Å²) in [5.74, 6) is 0.822. The van der Waals surface area contributed by atoms with Crippen LogP contribution in [0.25, 0.3) is 0 Å². The Hall–Kier alpha value is -1.88. The molecule has 1 heterocycles. The number of carbonyl (C=O) groups excluding carboxylic acids is 2. The van der Waals surface area contributed by atoms with Crippen LogP contribution in [0.3, 0.4) is 0 Å². The summed E-state index contributed by atoms with van der Waals surface area (Å²) in [6.07, 6.45) is 0.898. The van der Waals surface area contributed by atoms with Crippen molar-refractivity contribution in [2.24, 2.45) is 0 Å². The number of Topliss-reactive ketones (excluding diaryl/α,β-unsaturated/α-hetero) is 1. The molecular weight excluding hydrogens is 256 g/mol. The summed E-state index contributed by atoms with van der Waals surface area (Å²) in [6.45, 7) is 3.49. The Morgan fingerprint density at radius 1 is 1.35 bits per heavy atom. The van der Waals surface area contributed by atoms with Crippen molar-refractivity contribution in [2.75, 3.05) is 26.7 Å². The number of ketones is 1. The maximum atomic E-state index is 12.2. The number of rotatable bonds is 5. The number of benzene rings is 1. The maximum absolute atomic E-state index is 12.2. The highest BCUT2D eigenvalue weighted by atomic mass is 16.5. The SMILES string of the molecule is COc1ccc(C(=O)CN2CCC(NC(C)=O)C2)cc1.